The number of carbonyl (C=O) groups excluding carboxylic acids is 2. The number of pyridine rings is 1. The number of hydrogen-bond acceptors (Lipinski definition) is 9. The molecular weight excluding hydrogens is 442 g/mol. The maximum atomic E-state index is 12.7. The maximum Gasteiger partial charge on any atom is 0.412 e. The molecule has 3 N–H and O–H groups in total. The van der Waals surface area contributed by atoms with Gasteiger partial charge in [-0.1, -0.05) is 0 Å². The van der Waals surface area contributed by atoms with Gasteiger partial charge in [0, 0.05) is 37.2 Å². The van der Waals surface area contributed by atoms with Gasteiger partial charge in [-0.3, -0.25) is 20.4 Å². The van der Waals surface area contributed by atoms with Crippen LogP contribution in [0.3, 0.4) is 0 Å². The lowest BCUT2D eigenvalue weighted by Crippen LogP contribution is -2.35. The average molecular weight is 472 g/mol. The number of nitro benzene ring substituents is 1. The van der Waals surface area contributed by atoms with Crippen LogP contribution in [0.1, 0.15) is 44.0 Å². The Morgan fingerprint density at radius 1 is 1.24 bits per heavy atom. The van der Waals surface area contributed by atoms with Crippen molar-refractivity contribution in [2.75, 3.05) is 35.6 Å². The van der Waals surface area contributed by atoms with Crippen molar-refractivity contribution in [1.29, 1.82) is 0 Å². The van der Waals surface area contributed by atoms with Gasteiger partial charge in [-0.15, -0.1) is 0 Å². The van der Waals surface area contributed by atoms with E-state index in [-0.39, 0.29) is 29.5 Å². The van der Waals surface area contributed by atoms with Gasteiger partial charge in [0.1, 0.15) is 5.60 Å². The van der Waals surface area contributed by atoms with E-state index in [1.54, 1.807) is 33.2 Å². The third kappa shape index (κ3) is 6.56. The van der Waals surface area contributed by atoms with Crippen molar-refractivity contribution in [2.45, 2.75) is 39.2 Å². The van der Waals surface area contributed by atoms with E-state index in [1.165, 1.54) is 6.07 Å². The Labute approximate surface area is 197 Å². The molecule has 0 bridgehead atoms. The van der Waals surface area contributed by atoms with Crippen LogP contribution in [0.25, 0.3) is 0 Å². The summed E-state index contributed by atoms with van der Waals surface area (Å²) >= 11 is 0. The van der Waals surface area contributed by atoms with Crippen LogP contribution in [0.2, 0.25) is 0 Å². The highest BCUT2D eigenvalue weighted by Crippen LogP contribution is 2.31. The van der Waals surface area contributed by atoms with Gasteiger partial charge < -0.3 is 20.1 Å². The van der Waals surface area contributed by atoms with Crippen LogP contribution in [-0.4, -0.2) is 47.3 Å². The lowest BCUT2D eigenvalue weighted by Gasteiger charge is -2.33. The van der Waals surface area contributed by atoms with E-state index in [0.717, 1.165) is 37.7 Å². The summed E-state index contributed by atoms with van der Waals surface area (Å²) in [6, 6.07) is 6.22. The fourth-order valence-electron chi connectivity index (χ4n) is 3.69. The number of nitro groups is 1. The second-order valence-electron chi connectivity index (χ2n) is 9.08. The third-order valence-electron chi connectivity index (χ3n) is 5.29. The van der Waals surface area contributed by atoms with Gasteiger partial charge in [0.15, 0.2) is 5.56 Å². The van der Waals surface area contributed by atoms with Crippen LogP contribution in [0.15, 0.2) is 36.7 Å². The van der Waals surface area contributed by atoms with E-state index in [1.807, 2.05) is 12.1 Å². The number of carbonyl (C=O) groups is 2. The summed E-state index contributed by atoms with van der Waals surface area (Å²) < 4.78 is 10.5. The van der Waals surface area contributed by atoms with Crippen LogP contribution in [-0.2, 0) is 9.47 Å². The van der Waals surface area contributed by atoms with Gasteiger partial charge in [0.25, 0.3) is 5.69 Å². The Bertz CT molecular complexity index is 1050. The maximum absolute atomic E-state index is 12.7. The lowest BCUT2D eigenvalue weighted by molar-refractivity contribution is -0.385. The summed E-state index contributed by atoms with van der Waals surface area (Å²) in [4.78, 5) is 41.8. The number of hydrogen-bond donors (Lipinski definition) is 2. The van der Waals surface area contributed by atoms with Crippen LogP contribution < -0.4 is 16.0 Å². The van der Waals surface area contributed by atoms with Crippen LogP contribution in [0, 0.1) is 16.0 Å². The number of nitrogens with zero attached hydrogens (tertiary/aromatic N) is 3. The highest BCUT2D eigenvalue weighted by atomic mass is 16.6. The minimum Gasteiger partial charge on any atom is -0.462 e. The monoisotopic (exact) mass is 471 g/mol. The van der Waals surface area contributed by atoms with Crippen LogP contribution >= 0.6 is 0 Å². The minimum absolute atomic E-state index is 0.0403. The molecule has 0 atom stereocenters. The molecule has 182 valence electrons. The number of nitrogen functional groups attached to an aromatic ring is 1. The van der Waals surface area contributed by atoms with Gasteiger partial charge in [0.2, 0.25) is 0 Å². The second kappa shape index (κ2) is 10.4. The van der Waals surface area contributed by atoms with E-state index >= 15 is 0 Å². The number of piperidine rings is 1. The molecule has 0 saturated carbocycles. The molecule has 2 aromatic rings. The third-order valence-corrected chi connectivity index (χ3v) is 5.29. The summed E-state index contributed by atoms with van der Waals surface area (Å²) in [5, 5.41) is 14.0. The summed E-state index contributed by atoms with van der Waals surface area (Å²) in [6.07, 6.45) is 4.32. The molecule has 11 heteroatoms. The molecule has 1 fully saturated rings. The van der Waals surface area contributed by atoms with Crippen molar-refractivity contribution < 1.29 is 24.0 Å². The first kappa shape index (κ1) is 24.7. The molecular formula is C23H29N5O6. The quantitative estimate of drug-likeness (QED) is 0.276. The van der Waals surface area contributed by atoms with Gasteiger partial charge >= 0.3 is 12.1 Å². The highest BCUT2D eigenvalue weighted by molar-refractivity contribution is 6.01. The Balaban J connectivity index is 1.63. The molecule has 0 spiro atoms. The molecule has 1 aliphatic heterocycles. The average Bonchev–Trinajstić information content (AvgIpc) is 2.76. The van der Waals surface area contributed by atoms with Gasteiger partial charge in [0.05, 0.1) is 22.9 Å². The first-order valence-electron chi connectivity index (χ1n) is 10.9. The number of benzene rings is 1. The number of anilines is 3. The van der Waals surface area contributed by atoms with Crippen molar-refractivity contribution in [1.82, 2.24) is 4.98 Å². The fraction of sp³-hybridized carbons (Fsp3) is 0.435. The molecule has 0 unspecified atom stereocenters. The standard InChI is InChI=1S/C23H29N5O6/c1-23(2,3)34-22(30)26-16-12-18(24)20(19(13-16)28(31)32)21(29)33-14-15-6-10-27(11-7-15)17-4-8-25-9-5-17/h4-5,8-9,12-13,15H,6-7,10-11,14,24H2,1-3H3,(H,26,30). The SMILES string of the molecule is CC(C)(C)OC(=O)Nc1cc(N)c(C(=O)OCC2CCN(c3ccncc3)CC2)c([N+](=O)[O-])c1. The zero-order valence-electron chi connectivity index (χ0n) is 19.4. The van der Waals surface area contributed by atoms with Crippen molar-refractivity contribution in [3.63, 3.8) is 0 Å². The van der Waals surface area contributed by atoms with E-state index in [0.29, 0.717) is 0 Å². The first-order chi connectivity index (χ1) is 16.0. The zero-order chi connectivity index (χ0) is 24.9. The van der Waals surface area contributed by atoms with Crippen molar-refractivity contribution >= 4 is 34.8 Å². The topological polar surface area (TPSA) is 150 Å². The normalized spacial score (nSPS) is 14.4. The van der Waals surface area contributed by atoms with Crippen molar-refractivity contribution in [3.8, 4) is 0 Å². The molecule has 0 radical (unpaired) electrons. The fourth-order valence-corrected chi connectivity index (χ4v) is 3.69. The Morgan fingerprint density at radius 3 is 2.47 bits per heavy atom. The van der Waals surface area contributed by atoms with E-state index in [2.05, 4.69) is 15.2 Å². The van der Waals surface area contributed by atoms with Crippen molar-refractivity contribution in [3.05, 3.63) is 52.3 Å². The van der Waals surface area contributed by atoms with Gasteiger partial charge in [-0.2, -0.15) is 0 Å². The Morgan fingerprint density at radius 2 is 1.88 bits per heavy atom. The predicted octanol–water partition coefficient (Wildman–Crippen LogP) is 3.99. The van der Waals surface area contributed by atoms with E-state index in [9.17, 15) is 19.7 Å². The number of amides is 1. The number of esters is 1. The summed E-state index contributed by atoms with van der Waals surface area (Å²) in [5.74, 6) is -0.736. The van der Waals surface area contributed by atoms with Gasteiger partial charge in [-0.25, -0.2) is 9.59 Å². The minimum atomic E-state index is -0.871. The van der Waals surface area contributed by atoms with Crippen LogP contribution in [0.4, 0.5) is 27.5 Å². The largest absolute Gasteiger partial charge is 0.462 e. The van der Waals surface area contributed by atoms with E-state index < -0.39 is 28.3 Å². The first-order valence-corrected chi connectivity index (χ1v) is 10.9. The molecule has 11 nitrogen and oxygen atoms in total. The molecule has 1 saturated heterocycles. The number of nitrogens with one attached hydrogen (secondary N) is 1. The summed E-state index contributed by atoms with van der Waals surface area (Å²) in [7, 11) is 0. The number of rotatable bonds is 6. The smallest absolute Gasteiger partial charge is 0.412 e. The molecule has 1 amide bonds. The summed E-state index contributed by atoms with van der Waals surface area (Å²) in [5.41, 5.74) is 5.27. The molecule has 1 aliphatic rings. The van der Waals surface area contributed by atoms with E-state index in [4.69, 9.17) is 15.2 Å². The number of nitrogens with two attached hydrogens (primary N) is 1. The highest BCUT2D eigenvalue weighted by Gasteiger charge is 2.28. The van der Waals surface area contributed by atoms with Gasteiger partial charge in [-0.05, 0) is 57.7 Å². The molecule has 34 heavy (non-hydrogen) atoms. The Hall–Kier alpha value is -3.89. The van der Waals surface area contributed by atoms with Crippen LogP contribution in [0.5, 0.6) is 0 Å². The van der Waals surface area contributed by atoms with Crippen molar-refractivity contribution in [2.24, 2.45) is 5.92 Å². The summed E-state index contributed by atoms with van der Waals surface area (Å²) in [6.45, 7) is 6.80. The number of aromatic nitrogens is 1. The predicted molar refractivity (Wildman–Crippen MR) is 127 cm³/mol. The second-order valence-corrected chi connectivity index (χ2v) is 9.08. The zero-order valence-corrected chi connectivity index (χ0v) is 19.4. The lowest BCUT2D eigenvalue weighted by atomic mass is 9.97. The molecule has 0 aliphatic carbocycles. The Kier molecular flexibility index (Phi) is 7.54. The number of ether oxygens (including phenoxy) is 2. The molecule has 1 aromatic carbocycles. The molecule has 3 rings (SSSR count). The molecule has 2 heterocycles. The molecule has 1 aromatic heterocycles.